The molecule has 2 fully saturated rings. The van der Waals surface area contributed by atoms with E-state index < -0.39 is 12.0 Å². The minimum atomic E-state index is -0.778. The Balaban J connectivity index is 1.79. The summed E-state index contributed by atoms with van der Waals surface area (Å²) in [5.74, 6) is -0.778. The van der Waals surface area contributed by atoms with Crippen LogP contribution < -0.4 is 0 Å². The number of rotatable bonds is 3. The molecule has 2 atom stereocenters. The van der Waals surface area contributed by atoms with E-state index in [4.69, 9.17) is 0 Å². The number of aliphatic carboxylic acids is 1. The maximum atomic E-state index is 11.6. The van der Waals surface area contributed by atoms with Gasteiger partial charge in [-0.25, -0.2) is 0 Å². The second kappa shape index (κ2) is 5.27. The smallest absolute Gasteiger partial charge is 0.325 e. The van der Waals surface area contributed by atoms with Crippen molar-refractivity contribution in [3.05, 3.63) is 30.1 Å². The van der Waals surface area contributed by atoms with Crippen LogP contribution in [-0.2, 0) is 4.79 Å². The van der Waals surface area contributed by atoms with Crippen molar-refractivity contribution in [1.29, 1.82) is 0 Å². The summed E-state index contributed by atoms with van der Waals surface area (Å²) in [4.78, 5) is 20.2. The number of hydrogen-bond acceptors (Lipinski definition) is 4. The molecule has 1 aromatic rings. The Morgan fingerprint density at radius 2 is 2.32 bits per heavy atom. The van der Waals surface area contributed by atoms with Gasteiger partial charge < -0.3 is 5.11 Å². The van der Waals surface area contributed by atoms with E-state index in [0.29, 0.717) is 6.04 Å². The molecule has 1 N–H and O–H groups in total. The van der Waals surface area contributed by atoms with Crippen LogP contribution in [0.15, 0.2) is 24.5 Å². The Morgan fingerprint density at radius 3 is 3.05 bits per heavy atom. The number of carbonyl (C=O) groups is 1. The van der Waals surface area contributed by atoms with Crippen molar-refractivity contribution in [3.8, 4) is 0 Å². The third-order valence-electron chi connectivity index (χ3n) is 4.22. The summed E-state index contributed by atoms with van der Waals surface area (Å²) in [5, 5.41) is 9.54. The summed E-state index contributed by atoms with van der Waals surface area (Å²) < 4.78 is 0. The maximum Gasteiger partial charge on any atom is 0.325 e. The Kier molecular flexibility index (Phi) is 3.48. The molecule has 1 unspecified atom stereocenters. The van der Waals surface area contributed by atoms with Crippen molar-refractivity contribution >= 4 is 5.97 Å². The standard InChI is InChI=1S/C14H19N3O2/c18-14(19)13(11-3-1-5-15-9-11)17-8-7-16-6-2-4-12(16)10-17/h1,3,5,9,12-13H,2,4,6-8,10H2,(H,18,19)/t12-,13?/m1/s1. The lowest BCUT2D eigenvalue weighted by atomic mass is 10.0. The molecule has 0 aliphatic carbocycles. The highest BCUT2D eigenvalue weighted by Gasteiger charge is 2.36. The zero-order valence-corrected chi connectivity index (χ0v) is 10.9. The van der Waals surface area contributed by atoms with Gasteiger partial charge in [0.1, 0.15) is 6.04 Å². The second-order valence-electron chi connectivity index (χ2n) is 5.35. The van der Waals surface area contributed by atoms with E-state index in [9.17, 15) is 9.90 Å². The average Bonchev–Trinajstić information content (AvgIpc) is 2.87. The molecular weight excluding hydrogens is 242 g/mol. The molecule has 0 saturated carbocycles. The first kappa shape index (κ1) is 12.6. The summed E-state index contributed by atoms with van der Waals surface area (Å²) in [6, 6.07) is 3.63. The summed E-state index contributed by atoms with van der Waals surface area (Å²) in [7, 11) is 0. The van der Waals surface area contributed by atoms with Gasteiger partial charge in [0.2, 0.25) is 0 Å². The Morgan fingerprint density at radius 1 is 1.42 bits per heavy atom. The van der Waals surface area contributed by atoms with E-state index in [2.05, 4.69) is 14.8 Å². The SMILES string of the molecule is O=C(O)C(c1cccnc1)N1CCN2CCC[C@@H]2C1. The van der Waals surface area contributed by atoms with Crippen LogP contribution in [0.25, 0.3) is 0 Å². The van der Waals surface area contributed by atoms with Gasteiger partial charge >= 0.3 is 5.97 Å². The summed E-state index contributed by atoms with van der Waals surface area (Å²) in [6.45, 7) is 3.83. The Bertz CT molecular complexity index is 451. The number of aromatic nitrogens is 1. The van der Waals surface area contributed by atoms with Gasteiger partial charge in [-0.2, -0.15) is 0 Å². The zero-order chi connectivity index (χ0) is 13.2. The number of hydrogen-bond donors (Lipinski definition) is 1. The normalized spacial score (nSPS) is 26.0. The van der Waals surface area contributed by atoms with Crippen molar-refractivity contribution in [1.82, 2.24) is 14.8 Å². The van der Waals surface area contributed by atoms with E-state index in [0.717, 1.165) is 25.2 Å². The van der Waals surface area contributed by atoms with Gasteiger partial charge in [0.15, 0.2) is 0 Å². The van der Waals surface area contributed by atoms with E-state index >= 15 is 0 Å². The highest BCUT2D eigenvalue weighted by molar-refractivity contribution is 5.75. The van der Waals surface area contributed by atoms with E-state index in [1.807, 2.05) is 6.07 Å². The number of piperazine rings is 1. The van der Waals surface area contributed by atoms with Crippen LogP contribution in [0.2, 0.25) is 0 Å². The molecule has 0 bridgehead atoms. The molecular formula is C14H19N3O2. The molecule has 3 heterocycles. The minimum absolute atomic E-state index is 0.535. The van der Waals surface area contributed by atoms with Crippen LogP contribution in [0.1, 0.15) is 24.4 Å². The van der Waals surface area contributed by atoms with Crippen LogP contribution in [-0.4, -0.2) is 58.1 Å². The molecule has 2 saturated heterocycles. The van der Waals surface area contributed by atoms with Crippen LogP contribution >= 0.6 is 0 Å². The fraction of sp³-hybridized carbons (Fsp3) is 0.571. The lowest BCUT2D eigenvalue weighted by Crippen LogP contribution is -2.52. The number of carboxylic acid groups (broad SMARTS) is 1. The van der Waals surface area contributed by atoms with Crippen molar-refractivity contribution in [2.45, 2.75) is 24.9 Å². The van der Waals surface area contributed by atoms with Crippen molar-refractivity contribution < 1.29 is 9.90 Å². The second-order valence-corrected chi connectivity index (χ2v) is 5.35. The molecule has 2 aliphatic heterocycles. The van der Waals surface area contributed by atoms with Crippen molar-refractivity contribution in [2.75, 3.05) is 26.2 Å². The molecule has 102 valence electrons. The first-order valence-corrected chi connectivity index (χ1v) is 6.86. The van der Waals surface area contributed by atoms with Crippen LogP contribution in [0, 0.1) is 0 Å². The monoisotopic (exact) mass is 261 g/mol. The molecule has 0 spiro atoms. The summed E-state index contributed by atoms with van der Waals surface area (Å²) >= 11 is 0. The van der Waals surface area contributed by atoms with Gasteiger partial charge in [-0.3, -0.25) is 19.6 Å². The predicted octanol–water partition coefficient (Wildman–Crippen LogP) is 0.987. The predicted molar refractivity (Wildman–Crippen MR) is 70.8 cm³/mol. The van der Waals surface area contributed by atoms with Gasteiger partial charge in [0.25, 0.3) is 0 Å². The van der Waals surface area contributed by atoms with E-state index in [1.165, 1.54) is 19.4 Å². The lowest BCUT2D eigenvalue weighted by Gasteiger charge is -2.40. The molecule has 5 heteroatoms. The van der Waals surface area contributed by atoms with Gasteiger partial charge in [0, 0.05) is 38.1 Å². The third kappa shape index (κ3) is 2.48. The minimum Gasteiger partial charge on any atom is -0.480 e. The quantitative estimate of drug-likeness (QED) is 0.879. The average molecular weight is 261 g/mol. The van der Waals surface area contributed by atoms with Crippen LogP contribution in [0.5, 0.6) is 0 Å². The number of carboxylic acids is 1. The first-order valence-electron chi connectivity index (χ1n) is 6.86. The Hall–Kier alpha value is -1.46. The highest BCUT2D eigenvalue weighted by Crippen LogP contribution is 2.28. The molecule has 1 aromatic heterocycles. The zero-order valence-electron chi connectivity index (χ0n) is 10.9. The molecule has 0 radical (unpaired) electrons. The van der Waals surface area contributed by atoms with Gasteiger partial charge in [-0.15, -0.1) is 0 Å². The molecule has 19 heavy (non-hydrogen) atoms. The summed E-state index contributed by atoms with van der Waals surface area (Å²) in [5.41, 5.74) is 0.779. The van der Waals surface area contributed by atoms with E-state index in [-0.39, 0.29) is 0 Å². The topological polar surface area (TPSA) is 56.7 Å². The molecule has 0 aromatic carbocycles. The highest BCUT2D eigenvalue weighted by atomic mass is 16.4. The van der Waals surface area contributed by atoms with Crippen molar-refractivity contribution in [2.24, 2.45) is 0 Å². The third-order valence-corrected chi connectivity index (χ3v) is 4.22. The number of fused-ring (bicyclic) bond motifs is 1. The largest absolute Gasteiger partial charge is 0.480 e. The molecule has 3 rings (SSSR count). The maximum absolute atomic E-state index is 11.6. The van der Waals surface area contributed by atoms with Crippen LogP contribution in [0.3, 0.4) is 0 Å². The summed E-state index contributed by atoms with van der Waals surface area (Å²) in [6.07, 6.45) is 5.77. The fourth-order valence-electron chi connectivity index (χ4n) is 3.30. The van der Waals surface area contributed by atoms with Gasteiger partial charge in [-0.05, 0) is 31.0 Å². The van der Waals surface area contributed by atoms with Crippen LogP contribution in [0.4, 0.5) is 0 Å². The Labute approximate surface area is 112 Å². The van der Waals surface area contributed by atoms with Crippen molar-refractivity contribution in [3.63, 3.8) is 0 Å². The molecule has 5 nitrogen and oxygen atoms in total. The van der Waals surface area contributed by atoms with Gasteiger partial charge in [0.05, 0.1) is 0 Å². The van der Waals surface area contributed by atoms with E-state index in [1.54, 1.807) is 18.5 Å². The fourth-order valence-corrected chi connectivity index (χ4v) is 3.30. The first-order chi connectivity index (χ1) is 9.25. The van der Waals surface area contributed by atoms with Gasteiger partial charge in [-0.1, -0.05) is 6.07 Å². The molecule has 0 amide bonds. The number of nitrogens with zero attached hydrogens (tertiary/aromatic N) is 3. The molecule has 2 aliphatic rings. The number of pyridine rings is 1. The lowest BCUT2D eigenvalue weighted by molar-refractivity contribution is -0.144.